The molecule has 3 N–H and O–H groups in total. The minimum Gasteiger partial charge on any atom is -0.494 e. The lowest BCUT2D eigenvalue weighted by atomic mass is 10.2. The quantitative estimate of drug-likeness (QED) is 0.818. The van der Waals surface area contributed by atoms with E-state index in [0.717, 1.165) is 0 Å². The van der Waals surface area contributed by atoms with Gasteiger partial charge in [-0.2, -0.15) is 0 Å². The van der Waals surface area contributed by atoms with E-state index in [9.17, 15) is 4.79 Å². The van der Waals surface area contributed by atoms with E-state index in [4.69, 9.17) is 15.2 Å². The largest absolute Gasteiger partial charge is 0.494 e. The van der Waals surface area contributed by atoms with Gasteiger partial charge in [-0.25, -0.2) is 9.48 Å². The monoisotopic (exact) mass is 276 g/mol. The van der Waals surface area contributed by atoms with Crippen LogP contribution in [0.15, 0.2) is 24.3 Å². The van der Waals surface area contributed by atoms with Gasteiger partial charge in [0.05, 0.1) is 14.2 Å². The number of ether oxygens (including phenoxy) is 2. The van der Waals surface area contributed by atoms with Gasteiger partial charge in [-0.3, -0.25) is 0 Å². The zero-order chi connectivity index (χ0) is 14.7. The third-order valence-electron chi connectivity index (χ3n) is 2.86. The first-order chi connectivity index (χ1) is 9.63. The fourth-order valence-electron chi connectivity index (χ4n) is 1.90. The number of methoxy groups -OCH3 is 2. The van der Waals surface area contributed by atoms with E-state index >= 15 is 0 Å². The van der Waals surface area contributed by atoms with E-state index < -0.39 is 5.97 Å². The van der Waals surface area contributed by atoms with Crippen molar-refractivity contribution < 1.29 is 14.3 Å². The van der Waals surface area contributed by atoms with Gasteiger partial charge in [0.2, 0.25) is 0 Å². The lowest BCUT2D eigenvalue weighted by molar-refractivity contribution is 0.0603. The van der Waals surface area contributed by atoms with Crippen LogP contribution in [0, 0.1) is 0 Å². The summed E-state index contributed by atoms with van der Waals surface area (Å²) in [5.41, 5.74) is 6.85. The molecule has 0 aliphatic heterocycles. The molecule has 0 saturated carbocycles. The number of aromatic nitrogens is 2. The maximum Gasteiger partial charge on any atom is 0.345 e. The molecule has 0 amide bonds. The van der Waals surface area contributed by atoms with Crippen LogP contribution in [0.4, 0.5) is 11.6 Å². The molecular formula is C13H16N4O3. The minimum absolute atomic E-state index is 0.186. The fraction of sp³-hybridized carbons (Fsp3) is 0.231. The van der Waals surface area contributed by atoms with Crippen LogP contribution in [0.3, 0.4) is 0 Å². The summed E-state index contributed by atoms with van der Waals surface area (Å²) in [6.45, 7) is 0. The second-order valence-electron chi connectivity index (χ2n) is 3.93. The van der Waals surface area contributed by atoms with Crippen molar-refractivity contribution in [2.24, 2.45) is 0 Å². The molecule has 0 bridgehead atoms. The number of esters is 1. The van der Waals surface area contributed by atoms with Crippen LogP contribution in [0.1, 0.15) is 10.4 Å². The number of nitrogens with one attached hydrogen (secondary N) is 1. The first-order valence-electron chi connectivity index (χ1n) is 5.92. The van der Waals surface area contributed by atoms with Crippen LogP contribution in [-0.2, 0) is 4.74 Å². The molecule has 2 aromatic rings. The van der Waals surface area contributed by atoms with Crippen LogP contribution < -0.4 is 15.8 Å². The lowest BCUT2D eigenvalue weighted by Gasteiger charge is -2.09. The molecule has 0 radical (unpaired) electrons. The number of nitrogens with zero attached hydrogens (tertiary/aromatic N) is 2. The Morgan fingerprint density at radius 2 is 2.05 bits per heavy atom. The highest BCUT2D eigenvalue weighted by Crippen LogP contribution is 2.29. The molecule has 0 fully saturated rings. The van der Waals surface area contributed by atoms with E-state index in [1.54, 1.807) is 26.3 Å². The molecule has 2 rings (SSSR count). The smallest absolute Gasteiger partial charge is 0.345 e. The summed E-state index contributed by atoms with van der Waals surface area (Å²) in [5, 5.41) is 7.10. The molecule has 0 aliphatic rings. The van der Waals surface area contributed by atoms with E-state index in [0.29, 0.717) is 17.3 Å². The van der Waals surface area contributed by atoms with Crippen molar-refractivity contribution in [2.45, 2.75) is 0 Å². The molecule has 1 heterocycles. The number of benzene rings is 1. The molecule has 1 aromatic heterocycles. The van der Waals surface area contributed by atoms with Crippen molar-refractivity contribution in [3.63, 3.8) is 0 Å². The molecule has 106 valence electrons. The SMILES string of the molecule is CNc1nn(-c2ccccc2OC)c(N)c1C(=O)OC. The Bertz CT molecular complexity index is 637. The van der Waals surface area contributed by atoms with Gasteiger partial charge in [0.25, 0.3) is 0 Å². The summed E-state index contributed by atoms with van der Waals surface area (Å²) >= 11 is 0. The van der Waals surface area contributed by atoms with Crippen LogP contribution in [0.5, 0.6) is 5.75 Å². The van der Waals surface area contributed by atoms with E-state index in [1.165, 1.54) is 11.8 Å². The summed E-state index contributed by atoms with van der Waals surface area (Å²) < 4.78 is 11.4. The third kappa shape index (κ3) is 2.13. The Morgan fingerprint density at radius 1 is 1.35 bits per heavy atom. The number of hydrogen-bond acceptors (Lipinski definition) is 6. The van der Waals surface area contributed by atoms with Gasteiger partial charge in [-0.1, -0.05) is 12.1 Å². The highest BCUT2D eigenvalue weighted by molar-refractivity contribution is 5.99. The fourth-order valence-corrected chi connectivity index (χ4v) is 1.90. The molecule has 7 heteroatoms. The Balaban J connectivity index is 2.64. The Morgan fingerprint density at radius 3 is 2.65 bits per heavy atom. The topological polar surface area (TPSA) is 91.4 Å². The number of nitrogens with two attached hydrogens (primary N) is 1. The van der Waals surface area contributed by atoms with Gasteiger partial charge in [-0.05, 0) is 12.1 Å². The molecule has 0 unspecified atom stereocenters. The molecule has 20 heavy (non-hydrogen) atoms. The highest BCUT2D eigenvalue weighted by Gasteiger charge is 2.24. The van der Waals surface area contributed by atoms with Gasteiger partial charge < -0.3 is 20.5 Å². The first kappa shape index (κ1) is 13.7. The second kappa shape index (κ2) is 5.52. The molecule has 0 atom stereocenters. The average molecular weight is 276 g/mol. The van der Waals surface area contributed by atoms with Crippen molar-refractivity contribution in [3.8, 4) is 11.4 Å². The summed E-state index contributed by atoms with van der Waals surface area (Å²) in [5.74, 6) is 0.583. The zero-order valence-electron chi connectivity index (χ0n) is 11.5. The van der Waals surface area contributed by atoms with E-state index in [1.807, 2.05) is 12.1 Å². The van der Waals surface area contributed by atoms with Crippen molar-refractivity contribution in [3.05, 3.63) is 29.8 Å². The number of para-hydroxylation sites is 2. The van der Waals surface area contributed by atoms with E-state index in [2.05, 4.69) is 10.4 Å². The van der Waals surface area contributed by atoms with Crippen LogP contribution in [-0.4, -0.2) is 37.0 Å². The molecule has 1 aromatic carbocycles. The predicted octanol–water partition coefficient (Wildman–Crippen LogP) is 1.29. The maximum atomic E-state index is 11.8. The minimum atomic E-state index is -0.548. The van der Waals surface area contributed by atoms with Gasteiger partial charge in [0.15, 0.2) is 5.82 Å². The Labute approximate surface area is 116 Å². The van der Waals surface area contributed by atoms with E-state index in [-0.39, 0.29) is 11.4 Å². The summed E-state index contributed by atoms with van der Waals surface area (Å²) in [7, 11) is 4.50. The van der Waals surface area contributed by atoms with Crippen LogP contribution in [0.25, 0.3) is 5.69 Å². The number of carbonyl (C=O) groups excluding carboxylic acids is 1. The second-order valence-corrected chi connectivity index (χ2v) is 3.93. The standard InChI is InChI=1S/C13H16N4O3/c1-15-12-10(13(18)20-3)11(14)17(16-12)8-6-4-5-7-9(8)19-2/h4-7H,14H2,1-3H3,(H,15,16). The molecule has 0 saturated heterocycles. The summed E-state index contributed by atoms with van der Waals surface area (Å²) in [4.78, 5) is 11.8. The molecular weight excluding hydrogens is 260 g/mol. The molecule has 0 aliphatic carbocycles. The third-order valence-corrected chi connectivity index (χ3v) is 2.86. The van der Waals surface area contributed by atoms with Gasteiger partial charge in [0.1, 0.15) is 22.8 Å². The maximum absolute atomic E-state index is 11.8. The number of rotatable bonds is 4. The normalized spacial score (nSPS) is 10.2. The molecule has 7 nitrogen and oxygen atoms in total. The summed E-state index contributed by atoms with van der Waals surface area (Å²) in [6.07, 6.45) is 0. The van der Waals surface area contributed by atoms with Crippen molar-refractivity contribution in [1.82, 2.24) is 9.78 Å². The predicted molar refractivity (Wildman–Crippen MR) is 75.4 cm³/mol. The van der Waals surface area contributed by atoms with Crippen LogP contribution >= 0.6 is 0 Å². The molecule has 0 spiro atoms. The Kier molecular flexibility index (Phi) is 3.79. The van der Waals surface area contributed by atoms with Crippen molar-refractivity contribution in [2.75, 3.05) is 32.3 Å². The number of anilines is 2. The number of hydrogen-bond donors (Lipinski definition) is 2. The average Bonchev–Trinajstić information content (AvgIpc) is 2.83. The Hall–Kier alpha value is -2.70. The van der Waals surface area contributed by atoms with Crippen LogP contribution in [0.2, 0.25) is 0 Å². The van der Waals surface area contributed by atoms with Gasteiger partial charge in [0, 0.05) is 7.05 Å². The zero-order valence-corrected chi connectivity index (χ0v) is 11.5. The first-order valence-corrected chi connectivity index (χ1v) is 5.92. The number of nitrogen functional groups attached to an aromatic ring is 1. The lowest BCUT2D eigenvalue weighted by Crippen LogP contribution is -2.08. The van der Waals surface area contributed by atoms with Gasteiger partial charge >= 0.3 is 5.97 Å². The van der Waals surface area contributed by atoms with Crippen molar-refractivity contribution >= 4 is 17.6 Å². The highest BCUT2D eigenvalue weighted by atomic mass is 16.5. The summed E-state index contributed by atoms with van der Waals surface area (Å²) in [6, 6.07) is 7.24. The van der Waals surface area contributed by atoms with Gasteiger partial charge in [-0.15, -0.1) is 5.10 Å². The number of carbonyl (C=O) groups is 1. The van der Waals surface area contributed by atoms with Crippen molar-refractivity contribution in [1.29, 1.82) is 0 Å².